The summed E-state index contributed by atoms with van der Waals surface area (Å²) in [6, 6.07) is 2.28. The van der Waals surface area contributed by atoms with Gasteiger partial charge in [0, 0.05) is 5.71 Å². The summed E-state index contributed by atoms with van der Waals surface area (Å²) >= 11 is 0. The number of rotatable bonds is 0. The van der Waals surface area contributed by atoms with Gasteiger partial charge in [0.25, 0.3) is 0 Å². The predicted octanol–water partition coefficient (Wildman–Crippen LogP) is 2.36. The molecule has 0 saturated carbocycles. The van der Waals surface area contributed by atoms with Gasteiger partial charge in [-0.2, -0.15) is 15.5 Å². The molecule has 80 valence electrons. The average Bonchev–Trinajstić information content (AvgIpc) is 2.46. The highest BCUT2D eigenvalue weighted by Gasteiger charge is 2.66. The maximum absolute atomic E-state index is 9.51. The second-order valence-electron chi connectivity index (χ2n) is 5.45. The van der Waals surface area contributed by atoms with Gasteiger partial charge in [0.15, 0.2) is 0 Å². The van der Waals surface area contributed by atoms with Crippen molar-refractivity contribution < 1.29 is 0 Å². The second-order valence-corrected chi connectivity index (χ2v) is 5.45. The van der Waals surface area contributed by atoms with E-state index in [2.05, 4.69) is 21.3 Å². The van der Waals surface area contributed by atoms with Gasteiger partial charge in [-0.15, -0.1) is 0 Å². The lowest BCUT2D eigenvalue weighted by Gasteiger charge is -2.33. The van der Waals surface area contributed by atoms with Crippen LogP contribution in [-0.4, -0.2) is 22.8 Å². The van der Waals surface area contributed by atoms with Crippen molar-refractivity contribution in [2.75, 3.05) is 0 Å². The SMILES string of the molecule is CC1=NC(C)(C)C2N=NC(C)(C)C12C#N. The molecule has 4 heteroatoms. The standard InChI is InChI=1S/C11H16N4/c1-7-11(6-12)8(9(2,3)13-7)14-15-10(11,4)5/h8H,1-5H3. The number of fused-ring (bicyclic) bond motifs is 1. The Morgan fingerprint density at radius 2 is 1.87 bits per heavy atom. The van der Waals surface area contributed by atoms with Crippen LogP contribution < -0.4 is 0 Å². The van der Waals surface area contributed by atoms with Crippen LogP contribution >= 0.6 is 0 Å². The normalized spacial score (nSPS) is 39.7. The third kappa shape index (κ3) is 0.935. The maximum atomic E-state index is 9.51. The van der Waals surface area contributed by atoms with Crippen LogP contribution in [0, 0.1) is 16.7 Å². The number of nitrogens with zero attached hydrogens (tertiary/aromatic N) is 4. The summed E-state index contributed by atoms with van der Waals surface area (Å²) in [5.41, 5.74) is -0.545. The van der Waals surface area contributed by atoms with Crippen molar-refractivity contribution in [2.45, 2.75) is 51.7 Å². The second kappa shape index (κ2) is 2.46. The van der Waals surface area contributed by atoms with Crippen molar-refractivity contribution in [3.63, 3.8) is 0 Å². The predicted molar refractivity (Wildman–Crippen MR) is 58.0 cm³/mol. The summed E-state index contributed by atoms with van der Waals surface area (Å²) in [5.74, 6) is 0. The Kier molecular flexibility index (Phi) is 1.69. The summed E-state index contributed by atoms with van der Waals surface area (Å²) in [6.45, 7) is 9.87. The maximum Gasteiger partial charge on any atom is 0.147 e. The van der Waals surface area contributed by atoms with Gasteiger partial charge >= 0.3 is 0 Å². The largest absolute Gasteiger partial charge is 0.284 e. The Hall–Kier alpha value is -1.24. The third-order valence-electron chi connectivity index (χ3n) is 3.67. The molecule has 0 bridgehead atoms. The van der Waals surface area contributed by atoms with Gasteiger partial charge in [-0.05, 0) is 34.6 Å². The topological polar surface area (TPSA) is 60.9 Å². The lowest BCUT2D eigenvalue weighted by Crippen LogP contribution is -2.50. The van der Waals surface area contributed by atoms with Crippen molar-refractivity contribution >= 4 is 5.71 Å². The van der Waals surface area contributed by atoms with Gasteiger partial charge in [-0.3, -0.25) is 4.99 Å². The van der Waals surface area contributed by atoms with Crippen LogP contribution in [0.2, 0.25) is 0 Å². The number of nitriles is 1. The molecule has 0 spiro atoms. The Labute approximate surface area is 90.1 Å². The molecule has 0 saturated heterocycles. The zero-order valence-corrected chi connectivity index (χ0v) is 9.87. The van der Waals surface area contributed by atoms with E-state index in [0.29, 0.717) is 0 Å². The highest BCUT2D eigenvalue weighted by atomic mass is 15.3. The van der Waals surface area contributed by atoms with E-state index in [0.717, 1.165) is 5.71 Å². The number of azo groups is 1. The summed E-state index contributed by atoms with van der Waals surface area (Å²) in [4.78, 5) is 4.58. The average molecular weight is 204 g/mol. The van der Waals surface area contributed by atoms with E-state index in [4.69, 9.17) is 0 Å². The minimum absolute atomic E-state index is 0.134. The van der Waals surface area contributed by atoms with Gasteiger partial charge in [-0.25, -0.2) is 0 Å². The first-order chi connectivity index (χ1) is 6.78. The smallest absolute Gasteiger partial charge is 0.147 e. The molecule has 0 N–H and O–H groups in total. The molecule has 0 aliphatic carbocycles. The minimum Gasteiger partial charge on any atom is -0.284 e. The van der Waals surface area contributed by atoms with Crippen molar-refractivity contribution in [3.8, 4) is 6.07 Å². The molecular formula is C11H16N4. The molecular weight excluding hydrogens is 188 g/mol. The molecule has 4 nitrogen and oxygen atoms in total. The van der Waals surface area contributed by atoms with Crippen molar-refractivity contribution in [1.29, 1.82) is 5.26 Å². The van der Waals surface area contributed by atoms with Crippen LogP contribution in [-0.2, 0) is 0 Å². The van der Waals surface area contributed by atoms with Gasteiger partial charge in [0.05, 0.1) is 11.6 Å². The minimum atomic E-state index is -0.642. The summed E-state index contributed by atoms with van der Waals surface area (Å²) in [7, 11) is 0. The number of hydrogen-bond donors (Lipinski definition) is 0. The lowest BCUT2D eigenvalue weighted by molar-refractivity contribution is 0.291. The molecule has 0 aromatic heterocycles. The molecule has 2 aliphatic heterocycles. The molecule has 2 unspecified atom stereocenters. The van der Waals surface area contributed by atoms with Crippen LogP contribution in [0.1, 0.15) is 34.6 Å². The molecule has 2 heterocycles. The van der Waals surface area contributed by atoms with E-state index in [1.807, 2.05) is 34.6 Å². The molecule has 0 fully saturated rings. The molecule has 0 amide bonds. The van der Waals surface area contributed by atoms with Crippen LogP contribution in [0.15, 0.2) is 15.2 Å². The molecule has 2 rings (SSSR count). The summed E-state index contributed by atoms with van der Waals surface area (Å²) in [6.07, 6.45) is 0. The van der Waals surface area contributed by atoms with E-state index in [-0.39, 0.29) is 11.6 Å². The summed E-state index contributed by atoms with van der Waals surface area (Å²) in [5, 5.41) is 18.1. The van der Waals surface area contributed by atoms with E-state index in [9.17, 15) is 5.26 Å². The molecule has 0 aromatic carbocycles. The van der Waals surface area contributed by atoms with Crippen molar-refractivity contribution in [1.82, 2.24) is 0 Å². The van der Waals surface area contributed by atoms with Gasteiger partial charge in [-0.1, -0.05) is 0 Å². The van der Waals surface area contributed by atoms with E-state index in [1.165, 1.54) is 0 Å². The molecule has 2 aliphatic rings. The fourth-order valence-electron chi connectivity index (χ4n) is 2.87. The fourth-order valence-corrected chi connectivity index (χ4v) is 2.87. The Morgan fingerprint density at radius 1 is 1.27 bits per heavy atom. The van der Waals surface area contributed by atoms with Gasteiger partial charge < -0.3 is 0 Å². The molecule has 2 atom stereocenters. The van der Waals surface area contributed by atoms with Crippen LogP contribution in [0.5, 0.6) is 0 Å². The van der Waals surface area contributed by atoms with Crippen LogP contribution in [0.3, 0.4) is 0 Å². The van der Waals surface area contributed by atoms with Crippen LogP contribution in [0.25, 0.3) is 0 Å². The van der Waals surface area contributed by atoms with E-state index >= 15 is 0 Å². The van der Waals surface area contributed by atoms with E-state index < -0.39 is 11.0 Å². The Balaban J connectivity index is 2.65. The Morgan fingerprint density at radius 3 is 2.33 bits per heavy atom. The molecule has 0 radical (unpaired) electrons. The fraction of sp³-hybridized carbons (Fsp3) is 0.818. The number of aliphatic imine (C=N–C) groups is 1. The highest BCUT2D eigenvalue weighted by molar-refractivity contribution is 5.96. The number of hydrogen-bond acceptors (Lipinski definition) is 4. The zero-order chi connectivity index (χ0) is 11.5. The van der Waals surface area contributed by atoms with Crippen molar-refractivity contribution in [2.24, 2.45) is 20.6 Å². The highest BCUT2D eigenvalue weighted by Crippen LogP contribution is 2.53. The quantitative estimate of drug-likeness (QED) is 0.597. The van der Waals surface area contributed by atoms with Gasteiger partial charge in [0.1, 0.15) is 17.0 Å². The van der Waals surface area contributed by atoms with E-state index in [1.54, 1.807) is 0 Å². The zero-order valence-electron chi connectivity index (χ0n) is 9.87. The van der Waals surface area contributed by atoms with Crippen molar-refractivity contribution in [3.05, 3.63) is 0 Å². The monoisotopic (exact) mass is 204 g/mol. The molecule has 15 heavy (non-hydrogen) atoms. The van der Waals surface area contributed by atoms with Gasteiger partial charge in [0.2, 0.25) is 0 Å². The Bertz CT molecular complexity index is 411. The first-order valence-corrected chi connectivity index (χ1v) is 5.18. The third-order valence-corrected chi connectivity index (χ3v) is 3.67. The first kappa shape index (κ1) is 10.3. The van der Waals surface area contributed by atoms with Crippen LogP contribution in [0.4, 0.5) is 0 Å². The lowest BCUT2D eigenvalue weighted by atomic mass is 9.64. The first-order valence-electron chi connectivity index (χ1n) is 5.18. The summed E-state index contributed by atoms with van der Waals surface area (Å²) < 4.78 is 0. The molecule has 0 aromatic rings.